The second-order valence-electron chi connectivity index (χ2n) is 5.59. The van der Waals surface area contributed by atoms with Crippen molar-refractivity contribution in [3.05, 3.63) is 5.69 Å². The summed E-state index contributed by atoms with van der Waals surface area (Å²) in [7, 11) is 2.09. The molecule has 0 atom stereocenters. The Labute approximate surface area is 105 Å². The number of aryl methyl sites for hydroxylation is 1. The number of anilines is 2. The number of nitrogen functional groups attached to an aromatic ring is 1. The van der Waals surface area contributed by atoms with Gasteiger partial charge < -0.3 is 10.6 Å². The molecule has 1 heterocycles. The molecule has 0 aromatic carbocycles. The minimum atomic E-state index is 0.0766. The maximum atomic E-state index is 6.17. The normalized spacial score (nSPS) is 12.2. The van der Waals surface area contributed by atoms with Gasteiger partial charge in [-0.2, -0.15) is 5.10 Å². The maximum Gasteiger partial charge on any atom is 0.151 e. The van der Waals surface area contributed by atoms with Gasteiger partial charge in [-0.3, -0.25) is 0 Å². The van der Waals surface area contributed by atoms with Crippen molar-refractivity contribution in [3.63, 3.8) is 0 Å². The van der Waals surface area contributed by atoms with E-state index in [4.69, 9.17) is 5.73 Å². The summed E-state index contributed by atoms with van der Waals surface area (Å²) in [5.41, 5.74) is 7.95. The van der Waals surface area contributed by atoms with E-state index in [-0.39, 0.29) is 5.54 Å². The highest BCUT2D eigenvalue weighted by Gasteiger charge is 2.27. The number of nitrogens with two attached hydrogens (primary N) is 1. The van der Waals surface area contributed by atoms with Gasteiger partial charge in [-0.05, 0) is 41.0 Å². The van der Waals surface area contributed by atoms with Crippen molar-refractivity contribution < 1.29 is 0 Å². The molecule has 0 saturated heterocycles. The molecule has 4 heteroatoms. The molecule has 2 N–H and O–H groups in total. The highest BCUT2D eigenvalue weighted by molar-refractivity contribution is 5.67. The molecule has 0 spiro atoms. The number of rotatable bonds is 4. The first-order valence-corrected chi connectivity index (χ1v) is 6.30. The summed E-state index contributed by atoms with van der Waals surface area (Å²) in [5, 5.41) is 4.53. The van der Waals surface area contributed by atoms with E-state index < -0.39 is 0 Å². The van der Waals surface area contributed by atoms with Gasteiger partial charge in [-0.25, -0.2) is 4.68 Å². The monoisotopic (exact) mass is 238 g/mol. The summed E-state index contributed by atoms with van der Waals surface area (Å²) in [6, 6.07) is 0.316. The first-order valence-electron chi connectivity index (χ1n) is 6.30. The molecule has 1 aromatic rings. The van der Waals surface area contributed by atoms with E-state index in [0.717, 1.165) is 23.6 Å². The number of aromatic nitrogens is 2. The highest BCUT2D eigenvalue weighted by atomic mass is 15.4. The van der Waals surface area contributed by atoms with Crippen LogP contribution in [0.5, 0.6) is 0 Å². The molecule has 1 rings (SSSR count). The van der Waals surface area contributed by atoms with E-state index in [0.29, 0.717) is 6.04 Å². The molecule has 17 heavy (non-hydrogen) atoms. The molecule has 0 aliphatic heterocycles. The highest BCUT2D eigenvalue weighted by Crippen LogP contribution is 2.33. The second-order valence-corrected chi connectivity index (χ2v) is 5.59. The van der Waals surface area contributed by atoms with E-state index in [9.17, 15) is 0 Å². The van der Waals surface area contributed by atoms with Gasteiger partial charge in [0, 0.05) is 18.6 Å². The smallest absolute Gasteiger partial charge is 0.151 e. The predicted molar refractivity (Wildman–Crippen MR) is 74.5 cm³/mol. The van der Waals surface area contributed by atoms with Crippen LogP contribution in [0.25, 0.3) is 0 Å². The van der Waals surface area contributed by atoms with E-state index in [1.54, 1.807) is 0 Å². The Balaban J connectivity index is 3.30. The lowest BCUT2D eigenvalue weighted by molar-refractivity contribution is 0.443. The average molecular weight is 238 g/mol. The predicted octanol–water partition coefficient (Wildman–Crippen LogP) is 2.98. The molecule has 98 valence electrons. The van der Waals surface area contributed by atoms with Crippen molar-refractivity contribution >= 4 is 11.5 Å². The third-order valence-electron chi connectivity index (χ3n) is 3.69. The van der Waals surface area contributed by atoms with Crippen LogP contribution in [0.1, 0.15) is 52.8 Å². The fraction of sp³-hybridized carbons (Fsp3) is 0.769. The molecule has 0 unspecified atom stereocenters. The standard InChI is InChI=1S/C13H26N4/c1-8-13(5,6)16(7)12-11(14)10(4)15-17(12)9(2)3/h9H,8,14H2,1-7H3. The van der Waals surface area contributed by atoms with Crippen LogP contribution in [0.3, 0.4) is 0 Å². The Morgan fingerprint density at radius 2 is 1.94 bits per heavy atom. The van der Waals surface area contributed by atoms with Gasteiger partial charge in [0.05, 0.1) is 11.4 Å². The first-order chi connectivity index (χ1) is 7.72. The lowest BCUT2D eigenvalue weighted by atomic mass is 10.00. The topological polar surface area (TPSA) is 47.1 Å². The van der Waals surface area contributed by atoms with E-state index >= 15 is 0 Å². The van der Waals surface area contributed by atoms with Crippen molar-refractivity contribution in [1.82, 2.24) is 9.78 Å². The minimum absolute atomic E-state index is 0.0766. The Morgan fingerprint density at radius 1 is 1.41 bits per heavy atom. The molecule has 0 amide bonds. The van der Waals surface area contributed by atoms with Gasteiger partial charge in [-0.15, -0.1) is 0 Å². The quantitative estimate of drug-likeness (QED) is 0.877. The third-order valence-corrected chi connectivity index (χ3v) is 3.69. The Kier molecular flexibility index (Phi) is 3.74. The zero-order valence-corrected chi connectivity index (χ0v) is 12.2. The van der Waals surface area contributed by atoms with Crippen LogP contribution in [-0.2, 0) is 0 Å². The van der Waals surface area contributed by atoms with Crippen molar-refractivity contribution in [2.24, 2.45) is 0 Å². The zero-order valence-electron chi connectivity index (χ0n) is 12.2. The summed E-state index contributed by atoms with van der Waals surface area (Å²) in [6.45, 7) is 12.9. The summed E-state index contributed by atoms with van der Waals surface area (Å²) in [5.74, 6) is 1.03. The minimum Gasteiger partial charge on any atom is -0.394 e. The van der Waals surface area contributed by atoms with Gasteiger partial charge in [-0.1, -0.05) is 6.92 Å². The van der Waals surface area contributed by atoms with E-state index in [1.165, 1.54) is 0 Å². The van der Waals surface area contributed by atoms with E-state index in [1.807, 2.05) is 11.6 Å². The maximum absolute atomic E-state index is 6.17. The van der Waals surface area contributed by atoms with Crippen LogP contribution in [0.4, 0.5) is 11.5 Å². The van der Waals surface area contributed by atoms with Crippen molar-refractivity contribution in [1.29, 1.82) is 0 Å². The molecule has 0 aliphatic rings. The van der Waals surface area contributed by atoms with Crippen LogP contribution in [0.2, 0.25) is 0 Å². The fourth-order valence-corrected chi connectivity index (χ4v) is 1.77. The zero-order chi connectivity index (χ0) is 13.4. The molecular weight excluding hydrogens is 212 g/mol. The number of nitrogens with zero attached hydrogens (tertiary/aromatic N) is 3. The van der Waals surface area contributed by atoms with Crippen LogP contribution in [-0.4, -0.2) is 22.4 Å². The fourth-order valence-electron chi connectivity index (χ4n) is 1.77. The van der Waals surface area contributed by atoms with Gasteiger partial charge >= 0.3 is 0 Å². The van der Waals surface area contributed by atoms with Crippen LogP contribution in [0, 0.1) is 6.92 Å². The molecule has 0 fully saturated rings. The number of hydrogen-bond donors (Lipinski definition) is 1. The SMILES string of the molecule is CCC(C)(C)N(C)c1c(N)c(C)nn1C(C)C. The van der Waals surface area contributed by atoms with Crippen LogP contribution in [0.15, 0.2) is 0 Å². The summed E-state index contributed by atoms with van der Waals surface area (Å²) in [4.78, 5) is 2.24. The van der Waals surface area contributed by atoms with Crippen LogP contribution < -0.4 is 10.6 Å². The largest absolute Gasteiger partial charge is 0.394 e. The Hall–Kier alpha value is -1.19. The number of hydrogen-bond acceptors (Lipinski definition) is 3. The molecule has 4 nitrogen and oxygen atoms in total. The molecule has 1 aromatic heterocycles. The summed E-state index contributed by atoms with van der Waals surface area (Å²) < 4.78 is 2.02. The lowest BCUT2D eigenvalue weighted by Gasteiger charge is -2.37. The Bertz CT molecular complexity index is 390. The van der Waals surface area contributed by atoms with Gasteiger partial charge in [0.2, 0.25) is 0 Å². The van der Waals surface area contributed by atoms with Gasteiger partial charge in [0.15, 0.2) is 5.82 Å². The first kappa shape index (κ1) is 13.9. The molecule has 0 saturated carbocycles. The van der Waals surface area contributed by atoms with Gasteiger partial charge in [0.25, 0.3) is 0 Å². The Morgan fingerprint density at radius 3 is 2.35 bits per heavy atom. The second kappa shape index (κ2) is 4.59. The van der Waals surface area contributed by atoms with Crippen molar-refractivity contribution in [3.8, 4) is 0 Å². The van der Waals surface area contributed by atoms with Gasteiger partial charge in [0.1, 0.15) is 0 Å². The summed E-state index contributed by atoms with van der Waals surface area (Å²) >= 11 is 0. The van der Waals surface area contributed by atoms with Crippen LogP contribution >= 0.6 is 0 Å². The van der Waals surface area contributed by atoms with Crippen molar-refractivity contribution in [2.75, 3.05) is 17.7 Å². The molecular formula is C13H26N4. The van der Waals surface area contributed by atoms with E-state index in [2.05, 4.69) is 51.7 Å². The molecule has 0 aliphatic carbocycles. The van der Waals surface area contributed by atoms with Crippen molar-refractivity contribution in [2.45, 2.75) is 59.5 Å². The summed E-state index contributed by atoms with van der Waals surface area (Å²) in [6.07, 6.45) is 1.06. The molecule has 0 radical (unpaired) electrons. The molecule has 0 bridgehead atoms. The lowest BCUT2D eigenvalue weighted by Crippen LogP contribution is -2.42. The third kappa shape index (κ3) is 2.40. The average Bonchev–Trinajstić information content (AvgIpc) is 2.55.